The van der Waals surface area contributed by atoms with Gasteiger partial charge in [0.25, 0.3) is 0 Å². The van der Waals surface area contributed by atoms with E-state index in [1.165, 1.54) is 10.6 Å². The van der Waals surface area contributed by atoms with E-state index in [0.717, 1.165) is 29.8 Å². The SMILES string of the molecule is CNCCCN(c1cc(C)cc(C)c1)S(C)(=O)=O. The maximum Gasteiger partial charge on any atom is 0.232 e. The van der Waals surface area contributed by atoms with Crippen LogP contribution in [0.25, 0.3) is 0 Å². The van der Waals surface area contributed by atoms with E-state index < -0.39 is 10.0 Å². The predicted octanol–water partition coefficient (Wildman–Crippen LogP) is 1.68. The van der Waals surface area contributed by atoms with Crippen LogP contribution in [0.15, 0.2) is 18.2 Å². The minimum Gasteiger partial charge on any atom is -0.320 e. The molecule has 1 rings (SSSR count). The van der Waals surface area contributed by atoms with Crippen molar-refractivity contribution in [2.24, 2.45) is 0 Å². The molecule has 0 saturated heterocycles. The van der Waals surface area contributed by atoms with E-state index in [9.17, 15) is 8.42 Å². The normalized spacial score (nSPS) is 11.6. The Labute approximate surface area is 110 Å². The Morgan fingerprint density at radius 1 is 1.17 bits per heavy atom. The lowest BCUT2D eigenvalue weighted by Crippen LogP contribution is -2.32. The van der Waals surface area contributed by atoms with Gasteiger partial charge in [0, 0.05) is 6.54 Å². The molecule has 0 atom stereocenters. The molecule has 1 N–H and O–H groups in total. The third kappa shape index (κ3) is 4.31. The van der Waals surface area contributed by atoms with Gasteiger partial charge < -0.3 is 5.32 Å². The van der Waals surface area contributed by atoms with Gasteiger partial charge in [0.2, 0.25) is 10.0 Å². The molecule has 5 heteroatoms. The Kier molecular flexibility index (Phi) is 5.16. The van der Waals surface area contributed by atoms with E-state index in [4.69, 9.17) is 0 Å². The van der Waals surface area contributed by atoms with Crippen LogP contribution in [0.4, 0.5) is 5.69 Å². The quantitative estimate of drug-likeness (QED) is 0.800. The summed E-state index contributed by atoms with van der Waals surface area (Å²) in [5.41, 5.74) is 2.91. The summed E-state index contributed by atoms with van der Waals surface area (Å²) in [5, 5.41) is 3.03. The highest BCUT2D eigenvalue weighted by atomic mass is 32.2. The van der Waals surface area contributed by atoms with Crippen LogP contribution in [0.2, 0.25) is 0 Å². The number of rotatable bonds is 6. The van der Waals surface area contributed by atoms with Crippen molar-refractivity contribution in [3.8, 4) is 0 Å². The molecule has 1 aromatic carbocycles. The van der Waals surface area contributed by atoms with Gasteiger partial charge in [-0.05, 0) is 57.1 Å². The summed E-state index contributed by atoms with van der Waals surface area (Å²) in [4.78, 5) is 0. The number of aryl methyl sites for hydroxylation is 2. The van der Waals surface area contributed by atoms with Crippen molar-refractivity contribution < 1.29 is 8.42 Å². The monoisotopic (exact) mass is 270 g/mol. The summed E-state index contributed by atoms with van der Waals surface area (Å²) in [5.74, 6) is 0. The first-order valence-electron chi connectivity index (χ1n) is 6.05. The van der Waals surface area contributed by atoms with Crippen molar-refractivity contribution in [3.05, 3.63) is 29.3 Å². The fourth-order valence-corrected chi connectivity index (χ4v) is 2.93. The van der Waals surface area contributed by atoms with Gasteiger partial charge in [-0.15, -0.1) is 0 Å². The standard InChI is InChI=1S/C13H22N2O2S/c1-11-8-12(2)10-13(9-11)15(18(4,16)17)7-5-6-14-3/h8-10,14H,5-7H2,1-4H3. The highest BCUT2D eigenvalue weighted by molar-refractivity contribution is 7.92. The highest BCUT2D eigenvalue weighted by Crippen LogP contribution is 2.21. The molecule has 0 aliphatic heterocycles. The second-order valence-electron chi connectivity index (χ2n) is 4.64. The number of nitrogens with one attached hydrogen (secondary N) is 1. The number of hydrogen-bond acceptors (Lipinski definition) is 3. The van der Waals surface area contributed by atoms with Crippen LogP contribution < -0.4 is 9.62 Å². The summed E-state index contributed by atoms with van der Waals surface area (Å²) < 4.78 is 25.2. The maximum atomic E-state index is 11.9. The lowest BCUT2D eigenvalue weighted by Gasteiger charge is -2.23. The molecule has 0 saturated carbocycles. The Hall–Kier alpha value is -1.07. The molecule has 18 heavy (non-hydrogen) atoms. The second kappa shape index (κ2) is 6.20. The zero-order valence-corrected chi connectivity index (χ0v) is 12.3. The molecule has 0 aromatic heterocycles. The van der Waals surface area contributed by atoms with Crippen LogP contribution >= 0.6 is 0 Å². The molecule has 0 radical (unpaired) electrons. The molecular formula is C13H22N2O2S. The molecule has 1 aromatic rings. The smallest absolute Gasteiger partial charge is 0.232 e. The molecule has 0 bridgehead atoms. The first kappa shape index (κ1) is 15.0. The largest absolute Gasteiger partial charge is 0.320 e. The van der Waals surface area contributed by atoms with Crippen LogP contribution in [0.1, 0.15) is 17.5 Å². The maximum absolute atomic E-state index is 11.9. The molecule has 0 aliphatic carbocycles. The van der Waals surface area contributed by atoms with Crippen molar-refractivity contribution >= 4 is 15.7 Å². The van der Waals surface area contributed by atoms with Gasteiger partial charge in [-0.25, -0.2) is 8.42 Å². The molecule has 0 aliphatic rings. The van der Waals surface area contributed by atoms with Crippen molar-refractivity contribution in [2.45, 2.75) is 20.3 Å². The first-order chi connectivity index (χ1) is 8.34. The molecule has 0 unspecified atom stereocenters. The Morgan fingerprint density at radius 2 is 1.72 bits per heavy atom. The van der Waals surface area contributed by atoms with Crippen LogP contribution in [0.5, 0.6) is 0 Å². The summed E-state index contributed by atoms with van der Waals surface area (Å²) in [6.07, 6.45) is 2.04. The van der Waals surface area contributed by atoms with Gasteiger partial charge in [0.05, 0.1) is 11.9 Å². The van der Waals surface area contributed by atoms with Crippen LogP contribution in [0.3, 0.4) is 0 Å². The van der Waals surface area contributed by atoms with E-state index in [1.54, 1.807) is 0 Å². The molecule has 0 heterocycles. The molecule has 0 spiro atoms. The average molecular weight is 270 g/mol. The van der Waals surface area contributed by atoms with E-state index in [2.05, 4.69) is 5.32 Å². The number of nitrogens with zero attached hydrogens (tertiary/aromatic N) is 1. The van der Waals surface area contributed by atoms with Gasteiger partial charge in [0.15, 0.2) is 0 Å². The fourth-order valence-electron chi connectivity index (χ4n) is 1.98. The van der Waals surface area contributed by atoms with Gasteiger partial charge in [-0.1, -0.05) is 6.07 Å². The Morgan fingerprint density at radius 3 is 2.17 bits per heavy atom. The lowest BCUT2D eigenvalue weighted by molar-refractivity contribution is 0.594. The van der Waals surface area contributed by atoms with E-state index >= 15 is 0 Å². The minimum absolute atomic E-state index is 0.503. The van der Waals surface area contributed by atoms with Gasteiger partial charge in [-0.2, -0.15) is 0 Å². The zero-order valence-electron chi connectivity index (χ0n) is 11.5. The van der Waals surface area contributed by atoms with Gasteiger partial charge in [-0.3, -0.25) is 4.31 Å². The van der Waals surface area contributed by atoms with Crippen molar-refractivity contribution in [1.29, 1.82) is 0 Å². The topological polar surface area (TPSA) is 49.4 Å². The summed E-state index contributed by atoms with van der Waals surface area (Å²) in [6.45, 7) is 5.26. The zero-order chi connectivity index (χ0) is 13.8. The number of benzene rings is 1. The van der Waals surface area contributed by atoms with Crippen molar-refractivity contribution in [3.63, 3.8) is 0 Å². The average Bonchev–Trinajstić information content (AvgIpc) is 2.21. The first-order valence-corrected chi connectivity index (χ1v) is 7.90. The summed E-state index contributed by atoms with van der Waals surface area (Å²) in [6, 6.07) is 5.86. The molecular weight excluding hydrogens is 248 g/mol. The number of sulfonamides is 1. The van der Waals surface area contributed by atoms with Crippen molar-refractivity contribution in [2.75, 3.05) is 30.7 Å². The Balaban J connectivity index is 3.02. The highest BCUT2D eigenvalue weighted by Gasteiger charge is 2.17. The van der Waals surface area contributed by atoms with Gasteiger partial charge >= 0.3 is 0 Å². The number of anilines is 1. The second-order valence-corrected chi connectivity index (χ2v) is 6.54. The third-order valence-electron chi connectivity index (χ3n) is 2.68. The lowest BCUT2D eigenvalue weighted by atomic mass is 10.1. The summed E-state index contributed by atoms with van der Waals surface area (Å²) in [7, 11) is -1.36. The van der Waals surface area contributed by atoms with Crippen molar-refractivity contribution in [1.82, 2.24) is 5.32 Å². The van der Waals surface area contributed by atoms with E-state index in [1.807, 2.05) is 39.1 Å². The third-order valence-corrected chi connectivity index (χ3v) is 3.88. The van der Waals surface area contributed by atoms with Crippen LogP contribution in [-0.4, -0.2) is 34.8 Å². The summed E-state index contributed by atoms with van der Waals surface area (Å²) >= 11 is 0. The minimum atomic E-state index is -3.23. The molecule has 0 amide bonds. The molecule has 102 valence electrons. The van der Waals surface area contributed by atoms with Gasteiger partial charge in [0.1, 0.15) is 0 Å². The van der Waals surface area contributed by atoms with Crippen LogP contribution in [-0.2, 0) is 10.0 Å². The molecule has 4 nitrogen and oxygen atoms in total. The number of hydrogen-bond donors (Lipinski definition) is 1. The van der Waals surface area contributed by atoms with E-state index in [-0.39, 0.29) is 0 Å². The predicted molar refractivity (Wildman–Crippen MR) is 76.6 cm³/mol. The van der Waals surface area contributed by atoms with Crippen LogP contribution in [0, 0.1) is 13.8 Å². The fraction of sp³-hybridized carbons (Fsp3) is 0.538. The van der Waals surface area contributed by atoms with E-state index in [0.29, 0.717) is 6.54 Å². The molecule has 0 fully saturated rings. The Bertz CT molecular complexity index is 477.